The smallest absolute Gasteiger partial charge is 0.223 e. The first-order valence-electron chi connectivity index (χ1n) is 9.50. The molecule has 0 saturated carbocycles. The molecule has 1 aliphatic heterocycles. The molecule has 2 rings (SSSR count). The van der Waals surface area contributed by atoms with E-state index in [0.29, 0.717) is 26.1 Å². The summed E-state index contributed by atoms with van der Waals surface area (Å²) in [5.41, 5.74) is 2.04. The second kappa shape index (κ2) is 10.8. The van der Waals surface area contributed by atoms with E-state index < -0.39 is 0 Å². The lowest BCUT2D eigenvalue weighted by atomic mass is 10.1. The Bertz CT molecular complexity index is 568. The van der Waals surface area contributed by atoms with Crippen LogP contribution in [0.4, 0.5) is 11.4 Å². The van der Waals surface area contributed by atoms with Gasteiger partial charge in [0.25, 0.3) is 0 Å². The van der Waals surface area contributed by atoms with E-state index in [-0.39, 0.29) is 11.8 Å². The number of piperidine rings is 1. The Morgan fingerprint density at radius 2 is 1.85 bits per heavy atom. The molecule has 26 heavy (non-hydrogen) atoms. The molecule has 1 saturated heterocycles. The first-order chi connectivity index (χ1) is 12.6. The predicted molar refractivity (Wildman–Crippen MR) is 105 cm³/mol. The van der Waals surface area contributed by atoms with E-state index >= 15 is 0 Å². The number of carbonyl (C=O) groups excluding carboxylic acids is 2. The van der Waals surface area contributed by atoms with Gasteiger partial charge in [-0.15, -0.1) is 0 Å². The van der Waals surface area contributed by atoms with Crippen LogP contribution in [0.25, 0.3) is 0 Å². The number of anilines is 2. The summed E-state index contributed by atoms with van der Waals surface area (Å²) in [4.78, 5) is 28.0. The Morgan fingerprint density at radius 1 is 1.15 bits per heavy atom. The SMILES string of the molecule is COCCCNC(=O)CCN(C(C)=O)c1ccc(N2CCCCC2)cc1. The number of nitrogens with one attached hydrogen (secondary N) is 1. The van der Waals surface area contributed by atoms with Crippen LogP contribution in [0.2, 0.25) is 0 Å². The third-order valence-electron chi connectivity index (χ3n) is 4.67. The molecule has 1 heterocycles. The zero-order chi connectivity index (χ0) is 18.8. The molecule has 0 aliphatic carbocycles. The molecule has 6 heteroatoms. The number of methoxy groups -OCH3 is 1. The van der Waals surface area contributed by atoms with Gasteiger partial charge in [-0.05, 0) is 49.9 Å². The number of benzene rings is 1. The second-order valence-electron chi connectivity index (χ2n) is 6.68. The third-order valence-corrected chi connectivity index (χ3v) is 4.67. The van der Waals surface area contributed by atoms with Crippen molar-refractivity contribution in [2.24, 2.45) is 0 Å². The maximum atomic E-state index is 12.0. The topological polar surface area (TPSA) is 61.9 Å². The molecule has 1 aliphatic rings. The van der Waals surface area contributed by atoms with Gasteiger partial charge in [-0.1, -0.05) is 0 Å². The van der Waals surface area contributed by atoms with Crippen LogP contribution in [-0.4, -0.2) is 51.7 Å². The lowest BCUT2D eigenvalue weighted by Gasteiger charge is -2.29. The average Bonchev–Trinajstić information content (AvgIpc) is 2.66. The van der Waals surface area contributed by atoms with Gasteiger partial charge >= 0.3 is 0 Å². The number of carbonyl (C=O) groups is 2. The summed E-state index contributed by atoms with van der Waals surface area (Å²) in [6.45, 7) is 5.34. The summed E-state index contributed by atoms with van der Waals surface area (Å²) in [5, 5.41) is 2.85. The van der Waals surface area contributed by atoms with Gasteiger partial charge in [-0.2, -0.15) is 0 Å². The quantitative estimate of drug-likeness (QED) is 0.687. The van der Waals surface area contributed by atoms with Crippen molar-refractivity contribution < 1.29 is 14.3 Å². The fourth-order valence-corrected chi connectivity index (χ4v) is 3.21. The van der Waals surface area contributed by atoms with E-state index in [9.17, 15) is 9.59 Å². The molecule has 1 aromatic rings. The van der Waals surface area contributed by atoms with E-state index in [0.717, 1.165) is 25.2 Å². The van der Waals surface area contributed by atoms with Gasteiger partial charge in [0, 0.05) is 64.6 Å². The Kier molecular flexibility index (Phi) is 8.41. The van der Waals surface area contributed by atoms with E-state index in [1.54, 1.807) is 12.0 Å². The van der Waals surface area contributed by atoms with Crippen LogP contribution in [-0.2, 0) is 14.3 Å². The third kappa shape index (κ3) is 6.33. The molecule has 6 nitrogen and oxygen atoms in total. The number of nitrogens with zero attached hydrogens (tertiary/aromatic N) is 2. The molecule has 0 spiro atoms. The molecule has 1 fully saturated rings. The average molecular weight is 361 g/mol. The van der Waals surface area contributed by atoms with Crippen molar-refractivity contribution >= 4 is 23.2 Å². The highest BCUT2D eigenvalue weighted by Crippen LogP contribution is 2.24. The van der Waals surface area contributed by atoms with Gasteiger partial charge in [0.2, 0.25) is 11.8 Å². The summed E-state index contributed by atoms with van der Waals surface area (Å²) >= 11 is 0. The van der Waals surface area contributed by atoms with Gasteiger partial charge in [-0.25, -0.2) is 0 Å². The van der Waals surface area contributed by atoms with Crippen molar-refractivity contribution in [3.05, 3.63) is 24.3 Å². The lowest BCUT2D eigenvalue weighted by molar-refractivity contribution is -0.121. The molecule has 0 radical (unpaired) electrons. The fourth-order valence-electron chi connectivity index (χ4n) is 3.21. The summed E-state index contributed by atoms with van der Waals surface area (Å²) in [6, 6.07) is 8.09. The van der Waals surface area contributed by atoms with Gasteiger partial charge < -0.3 is 19.9 Å². The van der Waals surface area contributed by atoms with E-state index in [2.05, 4.69) is 22.3 Å². The minimum absolute atomic E-state index is 0.0442. The highest BCUT2D eigenvalue weighted by atomic mass is 16.5. The monoisotopic (exact) mass is 361 g/mol. The van der Waals surface area contributed by atoms with Gasteiger partial charge in [-0.3, -0.25) is 9.59 Å². The first-order valence-corrected chi connectivity index (χ1v) is 9.50. The summed E-state index contributed by atoms with van der Waals surface area (Å²) in [6.07, 6.45) is 4.86. The molecule has 144 valence electrons. The number of ether oxygens (including phenoxy) is 1. The van der Waals surface area contributed by atoms with Crippen LogP contribution in [0.5, 0.6) is 0 Å². The molecular weight excluding hydrogens is 330 g/mol. The molecule has 0 atom stereocenters. The predicted octanol–water partition coefficient (Wildman–Crippen LogP) is 2.57. The van der Waals surface area contributed by atoms with Crippen LogP contribution < -0.4 is 15.1 Å². The van der Waals surface area contributed by atoms with Crippen LogP contribution in [0.1, 0.15) is 39.0 Å². The lowest BCUT2D eigenvalue weighted by Crippen LogP contribution is -2.34. The van der Waals surface area contributed by atoms with Crippen molar-refractivity contribution in [2.45, 2.75) is 39.0 Å². The Morgan fingerprint density at radius 3 is 2.46 bits per heavy atom. The molecule has 1 aromatic carbocycles. The molecule has 0 bridgehead atoms. The van der Waals surface area contributed by atoms with Crippen molar-refractivity contribution in [3.8, 4) is 0 Å². The Labute approximate surface area is 156 Å². The Hall–Kier alpha value is -2.08. The van der Waals surface area contributed by atoms with Crippen molar-refractivity contribution in [1.82, 2.24) is 5.32 Å². The van der Waals surface area contributed by atoms with Crippen molar-refractivity contribution in [1.29, 1.82) is 0 Å². The molecule has 0 aromatic heterocycles. The van der Waals surface area contributed by atoms with Crippen LogP contribution in [0.3, 0.4) is 0 Å². The van der Waals surface area contributed by atoms with Crippen molar-refractivity contribution in [2.75, 3.05) is 49.7 Å². The van der Waals surface area contributed by atoms with Crippen LogP contribution in [0.15, 0.2) is 24.3 Å². The highest BCUT2D eigenvalue weighted by molar-refractivity contribution is 5.92. The maximum Gasteiger partial charge on any atom is 0.223 e. The zero-order valence-corrected chi connectivity index (χ0v) is 16.0. The number of amides is 2. The zero-order valence-electron chi connectivity index (χ0n) is 16.0. The van der Waals surface area contributed by atoms with Gasteiger partial charge in [0.05, 0.1) is 0 Å². The van der Waals surface area contributed by atoms with Crippen LogP contribution >= 0.6 is 0 Å². The number of hydrogen-bond acceptors (Lipinski definition) is 4. The van der Waals surface area contributed by atoms with Crippen molar-refractivity contribution in [3.63, 3.8) is 0 Å². The Balaban J connectivity index is 1.88. The summed E-state index contributed by atoms with van der Waals surface area (Å²) in [7, 11) is 1.64. The first kappa shape index (κ1) is 20.2. The number of hydrogen-bond donors (Lipinski definition) is 1. The summed E-state index contributed by atoms with van der Waals surface area (Å²) in [5.74, 6) is -0.0970. The molecule has 0 unspecified atom stereocenters. The van der Waals surface area contributed by atoms with Crippen LogP contribution in [0, 0.1) is 0 Å². The largest absolute Gasteiger partial charge is 0.385 e. The number of rotatable bonds is 9. The van der Waals surface area contributed by atoms with Gasteiger partial charge in [0.15, 0.2) is 0 Å². The van der Waals surface area contributed by atoms with E-state index in [1.165, 1.54) is 31.9 Å². The summed E-state index contributed by atoms with van der Waals surface area (Å²) < 4.78 is 4.96. The highest BCUT2D eigenvalue weighted by Gasteiger charge is 2.15. The fraction of sp³-hybridized carbons (Fsp3) is 0.600. The van der Waals surface area contributed by atoms with Gasteiger partial charge in [0.1, 0.15) is 0 Å². The second-order valence-corrected chi connectivity index (χ2v) is 6.68. The standard InChI is InChI=1S/C20H31N3O3/c1-17(24)23(15-11-20(25)21-12-6-16-26-2)19-9-7-18(8-10-19)22-13-4-3-5-14-22/h7-10H,3-6,11-16H2,1-2H3,(H,21,25). The minimum Gasteiger partial charge on any atom is -0.385 e. The normalized spacial score (nSPS) is 14.2. The minimum atomic E-state index is -0.0529. The van der Waals surface area contributed by atoms with E-state index in [1.807, 2.05) is 12.1 Å². The molecule has 1 N–H and O–H groups in total. The van der Waals surface area contributed by atoms with E-state index in [4.69, 9.17) is 4.74 Å². The molecular formula is C20H31N3O3. The molecule has 2 amide bonds. The maximum absolute atomic E-state index is 12.0.